The zero-order valence-electron chi connectivity index (χ0n) is 14.0. The first-order valence-corrected chi connectivity index (χ1v) is 9.94. The summed E-state index contributed by atoms with van der Waals surface area (Å²) in [7, 11) is -2.67. The Bertz CT molecular complexity index is 1080. The minimum absolute atomic E-state index is 0.0282. The number of nitrogens with zero attached hydrogens (tertiary/aromatic N) is 3. The highest BCUT2D eigenvalue weighted by Gasteiger charge is 2.28. The fourth-order valence-corrected chi connectivity index (χ4v) is 5.26. The smallest absolute Gasteiger partial charge is 0.407 e. The summed E-state index contributed by atoms with van der Waals surface area (Å²) in [6.07, 6.45) is 1.45. The van der Waals surface area contributed by atoms with Crippen molar-refractivity contribution in [1.29, 1.82) is 0 Å². The van der Waals surface area contributed by atoms with Crippen LogP contribution in [0.15, 0.2) is 57.9 Å². The molecule has 0 unspecified atom stereocenters. The molecule has 0 aliphatic heterocycles. The highest BCUT2D eigenvalue weighted by molar-refractivity contribution is 7.93. The molecule has 1 aromatic carbocycles. The van der Waals surface area contributed by atoms with Crippen molar-refractivity contribution >= 4 is 27.3 Å². The third-order valence-corrected chi connectivity index (χ3v) is 6.94. The van der Waals surface area contributed by atoms with E-state index >= 15 is 0 Å². The molecule has 3 rings (SSSR count). The fraction of sp³-hybridized carbons (Fsp3) is 0.118. The van der Waals surface area contributed by atoms with Gasteiger partial charge >= 0.3 is 6.09 Å². The monoisotopic (exact) mass is 407 g/mol. The molecule has 0 bridgehead atoms. The molecule has 0 spiro atoms. The molecule has 0 saturated carbocycles. The molecule has 0 atom stereocenters. The summed E-state index contributed by atoms with van der Waals surface area (Å²) >= 11 is 0.812. The van der Waals surface area contributed by atoms with E-state index < -0.39 is 21.7 Å². The molecular weight excluding hydrogens is 393 g/mol. The predicted molar refractivity (Wildman–Crippen MR) is 96.7 cm³/mol. The van der Waals surface area contributed by atoms with Crippen LogP contribution in [0.5, 0.6) is 0 Å². The van der Waals surface area contributed by atoms with Gasteiger partial charge in [-0.05, 0) is 24.3 Å². The lowest BCUT2D eigenvalue weighted by Gasteiger charge is -2.09. The van der Waals surface area contributed by atoms with Gasteiger partial charge in [-0.1, -0.05) is 12.1 Å². The summed E-state index contributed by atoms with van der Waals surface area (Å²) in [6, 6.07) is 8.56. The lowest BCUT2D eigenvalue weighted by Crippen LogP contribution is -2.23. The van der Waals surface area contributed by atoms with Gasteiger partial charge in [0.1, 0.15) is 16.5 Å². The third-order valence-electron chi connectivity index (χ3n) is 3.66. The first-order chi connectivity index (χ1) is 12.8. The Morgan fingerprint density at radius 2 is 2.00 bits per heavy atom. The predicted octanol–water partition coefficient (Wildman–Crippen LogP) is 3.29. The van der Waals surface area contributed by atoms with E-state index in [1.807, 2.05) is 0 Å². The normalized spacial score (nSPS) is 11.3. The molecule has 7 nitrogen and oxygen atoms in total. The first kappa shape index (κ1) is 18.9. The van der Waals surface area contributed by atoms with Crippen LogP contribution in [0.4, 0.5) is 9.18 Å². The summed E-state index contributed by atoms with van der Waals surface area (Å²) in [5.41, 5.74) is -0.0174. The highest BCUT2D eigenvalue weighted by atomic mass is 32.2. The largest absolute Gasteiger partial charge is 0.465 e. The quantitative estimate of drug-likeness (QED) is 0.697. The average molecular weight is 407 g/mol. The average Bonchev–Trinajstić information content (AvgIpc) is 3.07. The van der Waals surface area contributed by atoms with Crippen molar-refractivity contribution in [2.75, 3.05) is 7.05 Å². The molecule has 2 heterocycles. The van der Waals surface area contributed by atoms with Crippen molar-refractivity contribution in [3.63, 3.8) is 0 Å². The van der Waals surface area contributed by atoms with Crippen LogP contribution in [0.25, 0.3) is 11.3 Å². The summed E-state index contributed by atoms with van der Waals surface area (Å²) in [4.78, 5) is 20.0. The minimum Gasteiger partial charge on any atom is -0.465 e. The number of hydrogen-bond donors (Lipinski definition) is 1. The van der Waals surface area contributed by atoms with Crippen molar-refractivity contribution in [3.05, 3.63) is 59.6 Å². The van der Waals surface area contributed by atoms with Gasteiger partial charge in [-0.3, -0.25) is 4.98 Å². The van der Waals surface area contributed by atoms with E-state index in [2.05, 4.69) is 9.97 Å². The van der Waals surface area contributed by atoms with Gasteiger partial charge in [-0.15, -0.1) is 11.3 Å². The number of hydrogen-bond acceptors (Lipinski definition) is 6. The lowest BCUT2D eigenvalue weighted by atomic mass is 10.1. The van der Waals surface area contributed by atoms with Gasteiger partial charge in [-0.25, -0.2) is 22.6 Å². The van der Waals surface area contributed by atoms with E-state index in [0.717, 1.165) is 16.2 Å². The molecule has 140 valence electrons. The molecule has 1 amide bonds. The number of rotatable bonds is 5. The second kappa shape index (κ2) is 7.41. The zero-order chi connectivity index (χ0) is 19.6. The molecule has 10 heteroatoms. The van der Waals surface area contributed by atoms with Crippen LogP contribution < -0.4 is 0 Å². The summed E-state index contributed by atoms with van der Waals surface area (Å²) in [5, 5.41) is 9.27. The van der Waals surface area contributed by atoms with Gasteiger partial charge in [0.15, 0.2) is 4.21 Å². The maximum absolute atomic E-state index is 14.3. The maximum atomic E-state index is 14.3. The zero-order valence-corrected chi connectivity index (χ0v) is 15.7. The van der Waals surface area contributed by atoms with E-state index in [1.165, 1.54) is 49.8 Å². The van der Waals surface area contributed by atoms with Crippen molar-refractivity contribution in [1.82, 2.24) is 14.9 Å². The Hall–Kier alpha value is -2.85. The van der Waals surface area contributed by atoms with Crippen LogP contribution in [0, 0.1) is 5.82 Å². The van der Waals surface area contributed by atoms with Crippen LogP contribution in [0.2, 0.25) is 0 Å². The number of benzene rings is 1. The van der Waals surface area contributed by atoms with Crippen molar-refractivity contribution in [2.45, 2.75) is 15.6 Å². The number of sulfone groups is 1. The topological polar surface area (TPSA) is 100 Å². The molecule has 1 N–H and O–H groups in total. The molecule has 0 fully saturated rings. The first-order valence-electron chi connectivity index (χ1n) is 7.64. The number of aromatic nitrogens is 2. The molecule has 0 aliphatic carbocycles. The van der Waals surface area contributed by atoms with Crippen molar-refractivity contribution in [3.8, 4) is 11.3 Å². The maximum Gasteiger partial charge on any atom is 0.407 e. The minimum atomic E-state index is -4.01. The number of carboxylic acid groups (broad SMARTS) is 1. The number of amides is 1. The second-order valence-electron chi connectivity index (χ2n) is 5.55. The summed E-state index contributed by atoms with van der Waals surface area (Å²) in [6.45, 7) is -0.121. The van der Waals surface area contributed by atoms with E-state index in [0.29, 0.717) is 0 Å². The number of pyridine rings is 1. The molecular formula is C17H14FN3O4S2. The van der Waals surface area contributed by atoms with Crippen LogP contribution in [-0.4, -0.2) is 41.5 Å². The molecule has 0 radical (unpaired) electrons. The molecule has 2 aromatic heterocycles. The lowest BCUT2D eigenvalue weighted by molar-refractivity contribution is 0.153. The second-order valence-corrected chi connectivity index (χ2v) is 8.78. The standard InChI is InChI=1S/C17H14FN3O4S2/c1-21(17(22)23)10-14-20-15(12-6-2-3-7-13(12)18)16(26-14)27(24,25)11-5-4-8-19-9-11/h2-9H,10H2,1H3,(H,22,23). The van der Waals surface area contributed by atoms with Gasteiger partial charge in [0, 0.05) is 25.0 Å². The van der Waals surface area contributed by atoms with Crippen LogP contribution >= 0.6 is 11.3 Å². The van der Waals surface area contributed by atoms with E-state index in [9.17, 15) is 17.6 Å². The SMILES string of the molecule is CN(Cc1nc(-c2ccccc2F)c(S(=O)(=O)c2cccnc2)s1)C(=O)O. The molecule has 3 aromatic rings. The molecule has 0 saturated heterocycles. The van der Waals surface area contributed by atoms with Crippen LogP contribution in [0.1, 0.15) is 5.01 Å². The van der Waals surface area contributed by atoms with Gasteiger partial charge in [0.05, 0.1) is 11.4 Å². The Kier molecular flexibility index (Phi) is 5.19. The van der Waals surface area contributed by atoms with Crippen molar-refractivity contribution in [2.24, 2.45) is 0 Å². The van der Waals surface area contributed by atoms with Crippen LogP contribution in [-0.2, 0) is 16.4 Å². The van der Waals surface area contributed by atoms with E-state index in [-0.39, 0.29) is 31.9 Å². The molecule has 27 heavy (non-hydrogen) atoms. The van der Waals surface area contributed by atoms with Crippen molar-refractivity contribution < 1.29 is 22.7 Å². The van der Waals surface area contributed by atoms with Gasteiger partial charge in [-0.2, -0.15) is 0 Å². The summed E-state index contributed by atoms with van der Waals surface area (Å²) < 4.78 is 40.2. The Balaban J connectivity index is 2.18. The Morgan fingerprint density at radius 3 is 2.63 bits per heavy atom. The number of carbonyl (C=O) groups is 1. The molecule has 0 aliphatic rings. The van der Waals surface area contributed by atoms with Gasteiger partial charge in [0.2, 0.25) is 9.84 Å². The van der Waals surface area contributed by atoms with E-state index in [1.54, 1.807) is 6.07 Å². The number of halogens is 1. The van der Waals surface area contributed by atoms with Gasteiger partial charge in [0.25, 0.3) is 0 Å². The van der Waals surface area contributed by atoms with E-state index in [4.69, 9.17) is 5.11 Å². The number of thiazole rings is 1. The fourth-order valence-electron chi connectivity index (χ4n) is 2.31. The highest BCUT2D eigenvalue weighted by Crippen LogP contribution is 2.37. The Labute approximate surface area is 158 Å². The van der Waals surface area contributed by atoms with Crippen LogP contribution in [0.3, 0.4) is 0 Å². The third kappa shape index (κ3) is 3.81. The Morgan fingerprint density at radius 1 is 1.26 bits per heavy atom. The summed E-state index contributed by atoms with van der Waals surface area (Å²) in [5.74, 6) is -0.622. The van der Waals surface area contributed by atoms with Gasteiger partial charge < -0.3 is 10.0 Å².